The number of likely N-dealkylation sites (tertiary alicyclic amines) is 1. The Morgan fingerprint density at radius 3 is 2.57 bits per heavy atom. The molecule has 1 heterocycles. The molecule has 0 aliphatic carbocycles. The minimum absolute atomic E-state index is 0.368. The van der Waals surface area contributed by atoms with Crippen LogP contribution >= 0.6 is 0 Å². The summed E-state index contributed by atoms with van der Waals surface area (Å²) in [6.45, 7) is 10.2. The fraction of sp³-hybridized carbons (Fsp3) is 1.00. The van der Waals surface area contributed by atoms with Crippen molar-refractivity contribution in [1.82, 2.24) is 4.90 Å². The Kier molecular flexibility index (Phi) is 3.94. The first-order valence-corrected chi connectivity index (χ1v) is 5.76. The molecule has 0 aromatic carbocycles. The SMILES string of the molecule is CC(F)CN1CCC[C@H]1CC(C)(C)C. The lowest BCUT2D eigenvalue weighted by molar-refractivity contribution is 0.154. The second-order valence-electron chi connectivity index (χ2n) is 5.84. The number of nitrogens with zero attached hydrogens (tertiary/aromatic N) is 1. The van der Waals surface area contributed by atoms with Crippen molar-refractivity contribution in [3.8, 4) is 0 Å². The van der Waals surface area contributed by atoms with Gasteiger partial charge in [0.05, 0.1) is 0 Å². The van der Waals surface area contributed by atoms with Crippen molar-refractivity contribution in [3.63, 3.8) is 0 Å². The normalized spacial score (nSPS) is 26.8. The van der Waals surface area contributed by atoms with E-state index in [9.17, 15) is 4.39 Å². The highest BCUT2D eigenvalue weighted by Crippen LogP contribution is 2.29. The zero-order valence-corrected chi connectivity index (χ0v) is 10.0. The van der Waals surface area contributed by atoms with Crippen LogP contribution in [-0.4, -0.2) is 30.2 Å². The third-order valence-electron chi connectivity index (χ3n) is 2.83. The standard InChI is InChI=1S/C12H24FN/c1-10(13)9-14-7-5-6-11(14)8-12(2,3)4/h10-11H,5-9H2,1-4H3/t10?,11-/m0/s1. The van der Waals surface area contributed by atoms with Gasteiger partial charge in [-0.2, -0.15) is 0 Å². The smallest absolute Gasteiger partial charge is 0.110 e. The first kappa shape index (κ1) is 12.0. The molecular formula is C12H24FN. The fourth-order valence-corrected chi connectivity index (χ4v) is 2.40. The third-order valence-corrected chi connectivity index (χ3v) is 2.83. The van der Waals surface area contributed by atoms with Crippen LogP contribution in [0.1, 0.15) is 47.0 Å². The summed E-state index contributed by atoms with van der Waals surface area (Å²) in [5.41, 5.74) is 0.368. The average Bonchev–Trinajstić information content (AvgIpc) is 2.32. The van der Waals surface area contributed by atoms with Gasteiger partial charge in [0, 0.05) is 12.6 Å². The summed E-state index contributed by atoms with van der Waals surface area (Å²) >= 11 is 0. The van der Waals surface area contributed by atoms with Crippen LogP contribution in [0.25, 0.3) is 0 Å². The number of hydrogen-bond acceptors (Lipinski definition) is 1. The summed E-state index contributed by atoms with van der Waals surface area (Å²) in [6.07, 6.45) is 3.01. The molecule has 1 fully saturated rings. The van der Waals surface area contributed by atoms with E-state index in [2.05, 4.69) is 25.7 Å². The molecule has 2 heteroatoms. The summed E-state index contributed by atoms with van der Waals surface area (Å²) in [7, 11) is 0. The van der Waals surface area contributed by atoms with Crippen LogP contribution in [0.5, 0.6) is 0 Å². The van der Waals surface area contributed by atoms with Crippen molar-refractivity contribution in [2.45, 2.75) is 59.2 Å². The Labute approximate surface area is 87.7 Å². The largest absolute Gasteiger partial charge is 0.297 e. The molecule has 14 heavy (non-hydrogen) atoms. The van der Waals surface area contributed by atoms with Gasteiger partial charge in [0.15, 0.2) is 0 Å². The zero-order chi connectivity index (χ0) is 10.8. The second-order valence-corrected chi connectivity index (χ2v) is 5.84. The van der Waals surface area contributed by atoms with Crippen molar-refractivity contribution in [2.24, 2.45) is 5.41 Å². The van der Waals surface area contributed by atoms with Crippen molar-refractivity contribution in [3.05, 3.63) is 0 Å². The highest BCUT2D eigenvalue weighted by atomic mass is 19.1. The predicted molar refractivity (Wildman–Crippen MR) is 59.2 cm³/mol. The van der Waals surface area contributed by atoms with Gasteiger partial charge < -0.3 is 0 Å². The number of hydrogen-bond donors (Lipinski definition) is 0. The van der Waals surface area contributed by atoms with E-state index >= 15 is 0 Å². The zero-order valence-electron chi connectivity index (χ0n) is 10.0. The Bertz CT molecular complexity index is 172. The molecular weight excluding hydrogens is 177 g/mol. The lowest BCUT2D eigenvalue weighted by atomic mass is 9.87. The van der Waals surface area contributed by atoms with Gasteiger partial charge in [-0.3, -0.25) is 4.90 Å². The van der Waals surface area contributed by atoms with Crippen molar-refractivity contribution < 1.29 is 4.39 Å². The van der Waals surface area contributed by atoms with Gasteiger partial charge in [-0.25, -0.2) is 4.39 Å². The molecule has 0 amide bonds. The molecule has 0 aromatic rings. The van der Waals surface area contributed by atoms with Gasteiger partial charge >= 0.3 is 0 Å². The lowest BCUT2D eigenvalue weighted by Crippen LogP contribution is -2.36. The maximum Gasteiger partial charge on any atom is 0.110 e. The highest BCUT2D eigenvalue weighted by molar-refractivity contribution is 4.83. The minimum Gasteiger partial charge on any atom is -0.297 e. The Balaban J connectivity index is 2.43. The van der Waals surface area contributed by atoms with E-state index < -0.39 is 6.17 Å². The quantitative estimate of drug-likeness (QED) is 0.677. The molecule has 1 nitrogen and oxygen atoms in total. The average molecular weight is 201 g/mol. The maximum absolute atomic E-state index is 12.9. The van der Waals surface area contributed by atoms with E-state index in [4.69, 9.17) is 0 Å². The molecule has 1 rings (SSSR count). The van der Waals surface area contributed by atoms with Gasteiger partial charge in [0.1, 0.15) is 6.17 Å². The van der Waals surface area contributed by atoms with E-state index in [0.29, 0.717) is 18.0 Å². The van der Waals surface area contributed by atoms with Gasteiger partial charge in [-0.15, -0.1) is 0 Å². The number of halogens is 1. The van der Waals surface area contributed by atoms with Gasteiger partial charge in [-0.1, -0.05) is 20.8 Å². The van der Waals surface area contributed by atoms with Crippen LogP contribution < -0.4 is 0 Å². The molecule has 1 saturated heterocycles. The Morgan fingerprint density at radius 2 is 2.07 bits per heavy atom. The van der Waals surface area contributed by atoms with Crippen LogP contribution in [-0.2, 0) is 0 Å². The summed E-state index contributed by atoms with van der Waals surface area (Å²) in [5, 5.41) is 0. The van der Waals surface area contributed by atoms with Gasteiger partial charge in [0.2, 0.25) is 0 Å². The first-order valence-electron chi connectivity index (χ1n) is 5.76. The summed E-state index contributed by atoms with van der Waals surface area (Å²) in [6, 6.07) is 0.619. The van der Waals surface area contributed by atoms with Crippen LogP contribution in [0.3, 0.4) is 0 Å². The monoisotopic (exact) mass is 201 g/mol. The minimum atomic E-state index is -0.685. The Hall–Kier alpha value is -0.110. The second kappa shape index (κ2) is 4.61. The number of rotatable bonds is 3. The molecule has 0 saturated carbocycles. The van der Waals surface area contributed by atoms with Crippen LogP contribution in [0.4, 0.5) is 4.39 Å². The molecule has 0 N–H and O–H groups in total. The van der Waals surface area contributed by atoms with Crippen molar-refractivity contribution >= 4 is 0 Å². The van der Waals surface area contributed by atoms with Gasteiger partial charge in [-0.05, 0) is 38.1 Å². The summed E-state index contributed by atoms with van der Waals surface area (Å²) in [4.78, 5) is 2.33. The highest BCUT2D eigenvalue weighted by Gasteiger charge is 2.29. The van der Waals surface area contributed by atoms with Crippen LogP contribution in [0.15, 0.2) is 0 Å². The topological polar surface area (TPSA) is 3.24 Å². The Morgan fingerprint density at radius 1 is 1.43 bits per heavy atom. The van der Waals surface area contributed by atoms with Crippen molar-refractivity contribution in [2.75, 3.05) is 13.1 Å². The predicted octanol–water partition coefficient (Wildman–Crippen LogP) is 3.25. The molecule has 1 unspecified atom stereocenters. The van der Waals surface area contributed by atoms with E-state index in [1.807, 2.05) is 0 Å². The molecule has 2 atom stereocenters. The molecule has 1 aliphatic rings. The number of alkyl halides is 1. The van der Waals surface area contributed by atoms with Crippen LogP contribution in [0.2, 0.25) is 0 Å². The molecule has 84 valence electrons. The molecule has 0 bridgehead atoms. The van der Waals surface area contributed by atoms with Crippen LogP contribution in [0, 0.1) is 5.41 Å². The van der Waals surface area contributed by atoms with Crippen molar-refractivity contribution in [1.29, 1.82) is 0 Å². The van der Waals surface area contributed by atoms with E-state index in [-0.39, 0.29) is 0 Å². The third kappa shape index (κ3) is 3.95. The van der Waals surface area contributed by atoms with E-state index in [0.717, 1.165) is 6.54 Å². The van der Waals surface area contributed by atoms with E-state index in [1.54, 1.807) is 6.92 Å². The molecule has 1 aliphatic heterocycles. The first-order chi connectivity index (χ1) is 6.38. The summed E-state index contributed by atoms with van der Waals surface area (Å²) in [5.74, 6) is 0. The van der Waals surface area contributed by atoms with E-state index in [1.165, 1.54) is 19.3 Å². The van der Waals surface area contributed by atoms with Gasteiger partial charge in [0.25, 0.3) is 0 Å². The molecule has 0 radical (unpaired) electrons. The fourth-order valence-electron chi connectivity index (χ4n) is 2.40. The molecule has 0 aromatic heterocycles. The molecule has 0 spiro atoms. The lowest BCUT2D eigenvalue weighted by Gasteiger charge is -2.30. The maximum atomic E-state index is 12.9. The summed E-state index contributed by atoms with van der Waals surface area (Å²) < 4.78 is 12.9.